The summed E-state index contributed by atoms with van der Waals surface area (Å²) in [5.74, 6) is 0.459. The molecule has 1 aliphatic rings. The average molecular weight is 213 g/mol. The largest absolute Gasteiger partial charge is 0.359 e. The van der Waals surface area contributed by atoms with Crippen LogP contribution in [0.3, 0.4) is 0 Å². The predicted molar refractivity (Wildman–Crippen MR) is 61.8 cm³/mol. The molecule has 0 unspecified atom stereocenters. The molecule has 1 rings (SSSR count). The number of likely N-dealkylation sites (tertiary alicyclic amines) is 1. The minimum atomic E-state index is 0.213. The molecule has 0 spiro atoms. The number of piperidine rings is 1. The molecular formula is C11H23N3O. The lowest BCUT2D eigenvalue weighted by atomic mass is 9.96. The van der Waals surface area contributed by atoms with E-state index in [1.807, 2.05) is 7.05 Å². The third-order valence-electron chi connectivity index (χ3n) is 3.11. The third-order valence-corrected chi connectivity index (χ3v) is 3.11. The standard InChI is InChI=1S/C11H23N3O/c1-12-6-3-7-14-8-4-10(5-9-14)11(15)13-2/h10,12H,3-9H2,1-2H3,(H,13,15). The molecule has 0 radical (unpaired) electrons. The number of nitrogens with zero attached hydrogens (tertiary/aromatic N) is 1. The second-order valence-electron chi connectivity index (χ2n) is 4.19. The quantitative estimate of drug-likeness (QED) is 0.635. The van der Waals surface area contributed by atoms with Crippen LogP contribution in [0.15, 0.2) is 0 Å². The van der Waals surface area contributed by atoms with Crippen LogP contribution < -0.4 is 10.6 Å². The van der Waals surface area contributed by atoms with Crippen molar-refractivity contribution in [2.75, 3.05) is 40.3 Å². The van der Waals surface area contributed by atoms with Gasteiger partial charge in [-0.05, 0) is 52.5 Å². The number of hydrogen-bond donors (Lipinski definition) is 2. The molecule has 1 heterocycles. The number of hydrogen-bond acceptors (Lipinski definition) is 3. The van der Waals surface area contributed by atoms with Gasteiger partial charge in [0.1, 0.15) is 0 Å². The lowest BCUT2D eigenvalue weighted by Crippen LogP contribution is -2.40. The summed E-state index contributed by atoms with van der Waals surface area (Å²) in [6.45, 7) is 4.38. The highest BCUT2D eigenvalue weighted by Gasteiger charge is 2.23. The van der Waals surface area contributed by atoms with Crippen LogP contribution in [0.2, 0.25) is 0 Å². The molecule has 15 heavy (non-hydrogen) atoms. The van der Waals surface area contributed by atoms with Crippen molar-refractivity contribution in [3.8, 4) is 0 Å². The fraction of sp³-hybridized carbons (Fsp3) is 0.909. The van der Waals surface area contributed by atoms with E-state index in [4.69, 9.17) is 0 Å². The number of rotatable bonds is 5. The molecule has 88 valence electrons. The Kier molecular flexibility index (Phi) is 5.65. The first-order valence-electron chi connectivity index (χ1n) is 5.86. The van der Waals surface area contributed by atoms with Crippen LogP contribution in [0.1, 0.15) is 19.3 Å². The maximum Gasteiger partial charge on any atom is 0.222 e. The Hall–Kier alpha value is -0.610. The van der Waals surface area contributed by atoms with E-state index in [1.165, 1.54) is 6.42 Å². The van der Waals surface area contributed by atoms with Gasteiger partial charge in [-0.3, -0.25) is 4.79 Å². The summed E-state index contributed by atoms with van der Waals surface area (Å²) in [6, 6.07) is 0. The van der Waals surface area contributed by atoms with Gasteiger partial charge in [0.15, 0.2) is 0 Å². The number of nitrogens with one attached hydrogen (secondary N) is 2. The highest BCUT2D eigenvalue weighted by molar-refractivity contribution is 5.78. The molecule has 0 aliphatic carbocycles. The molecule has 4 heteroatoms. The minimum absolute atomic E-state index is 0.213. The molecule has 4 nitrogen and oxygen atoms in total. The van der Waals surface area contributed by atoms with Crippen molar-refractivity contribution in [1.29, 1.82) is 0 Å². The second-order valence-corrected chi connectivity index (χ2v) is 4.19. The maximum atomic E-state index is 11.4. The lowest BCUT2D eigenvalue weighted by molar-refractivity contribution is -0.125. The van der Waals surface area contributed by atoms with E-state index >= 15 is 0 Å². The van der Waals surface area contributed by atoms with Gasteiger partial charge in [0.05, 0.1) is 0 Å². The summed E-state index contributed by atoms with van der Waals surface area (Å²) < 4.78 is 0. The molecule has 0 atom stereocenters. The Bertz CT molecular complexity index is 188. The van der Waals surface area contributed by atoms with Crippen molar-refractivity contribution in [2.24, 2.45) is 5.92 Å². The number of carbonyl (C=O) groups excluding carboxylic acids is 1. The van der Waals surface area contributed by atoms with Crippen LogP contribution in [0.5, 0.6) is 0 Å². The van der Waals surface area contributed by atoms with Crippen molar-refractivity contribution < 1.29 is 4.79 Å². The maximum absolute atomic E-state index is 11.4. The van der Waals surface area contributed by atoms with Crippen LogP contribution in [0.25, 0.3) is 0 Å². The van der Waals surface area contributed by atoms with Crippen LogP contribution in [0.4, 0.5) is 0 Å². The summed E-state index contributed by atoms with van der Waals surface area (Å²) in [4.78, 5) is 13.8. The van der Waals surface area contributed by atoms with E-state index in [0.717, 1.165) is 39.0 Å². The number of carbonyl (C=O) groups is 1. The predicted octanol–water partition coefficient (Wildman–Crippen LogP) is 0.0539. The smallest absolute Gasteiger partial charge is 0.222 e. The Labute approximate surface area is 92.4 Å². The highest BCUT2D eigenvalue weighted by atomic mass is 16.1. The summed E-state index contributed by atoms with van der Waals surface area (Å²) >= 11 is 0. The molecular weight excluding hydrogens is 190 g/mol. The lowest BCUT2D eigenvalue weighted by Gasteiger charge is -2.30. The van der Waals surface area contributed by atoms with Crippen molar-refractivity contribution in [3.63, 3.8) is 0 Å². The molecule has 1 saturated heterocycles. The third kappa shape index (κ3) is 4.18. The number of amides is 1. The van der Waals surface area contributed by atoms with Gasteiger partial charge in [-0.2, -0.15) is 0 Å². The Morgan fingerprint density at radius 1 is 1.33 bits per heavy atom. The molecule has 0 aromatic carbocycles. The first-order valence-corrected chi connectivity index (χ1v) is 5.86. The first kappa shape index (κ1) is 12.5. The first-order chi connectivity index (χ1) is 7.27. The van der Waals surface area contributed by atoms with Crippen LogP contribution >= 0.6 is 0 Å². The minimum Gasteiger partial charge on any atom is -0.359 e. The van der Waals surface area contributed by atoms with Gasteiger partial charge in [-0.15, -0.1) is 0 Å². The Balaban J connectivity index is 2.15. The zero-order valence-electron chi connectivity index (χ0n) is 9.88. The van der Waals surface area contributed by atoms with E-state index < -0.39 is 0 Å². The molecule has 0 aromatic heterocycles. The molecule has 1 amide bonds. The fourth-order valence-corrected chi connectivity index (χ4v) is 2.10. The second kappa shape index (κ2) is 6.80. The SMILES string of the molecule is CNCCCN1CCC(C(=O)NC)CC1. The Morgan fingerprint density at radius 3 is 2.53 bits per heavy atom. The van der Waals surface area contributed by atoms with Gasteiger partial charge in [0.2, 0.25) is 5.91 Å². The molecule has 1 fully saturated rings. The van der Waals surface area contributed by atoms with E-state index in [-0.39, 0.29) is 11.8 Å². The highest BCUT2D eigenvalue weighted by Crippen LogP contribution is 2.16. The molecule has 1 aliphatic heterocycles. The van der Waals surface area contributed by atoms with E-state index in [0.29, 0.717) is 0 Å². The molecule has 0 bridgehead atoms. The molecule has 0 saturated carbocycles. The van der Waals surface area contributed by atoms with Gasteiger partial charge < -0.3 is 15.5 Å². The van der Waals surface area contributed by atoms with Crippen LogP contribution in [0, 0.1) is 5.92 Å². The summed E-state index contributed by atoms with van der Waals surface area (Å²) in [7, 11) is 3.71. The van der Waals surface area contributed by atoms with Crippen molar-refractivity contribution in [3.05, 3.63) is 0 Å². The van der Waals surface area contributed by atoms with Crippen molar-refractivity contribution in [2.45, 2.75) is 19.3 Å². The topological polar surface area (TPSA) is 44.4 Å². The van der Waals surface area contributed by atoms with E-state index in [9.17, 15) is 4.79 Å². The van der Waals surface area contributed by atoms with Gasteiger partial charge in [-0.25, -0.2) is 0 Å². The van der Waals surface area contributed by atoms with Crippen LogP contribution in [-0.4, -0.2) is 51.1 Å². The van der Waals surface area contributed by atoms with Gasteiger partial charge >= 0.3 is 0 Å². The van der Waals surface area contributed by atoms with E-state index in [1.54, 1.807) is 7.05 Å². The van der Waals surface area contributed by atoms with Crippen molar-refractivity contribution >= 4 is 5.91 Å². The summed E-state index contributed by atoms with van der Waals surface area (Å²) in [6.07, 6.45) is 3.22. The Morgan fingerprint density at radius 2 is 2.00 bits per heavy atom. The monoisotopic (exact) mass is 213 g/mol. The molecule has 0 aromatic rings. The summed E-state index contributed by atoms with van der Waals surface area (Å²) in [5.41, 5.74) is 0. The van der Waals surface area contributed by atoms with Gasteiger partial charge in [0.25, 0.3) is 0 Å². The van der Waals surface area contributed by atoms with E-state index in [2.05, 4.69) is 15.5 Å². The summed E-state index contributed by atoms with van der Waals surface area (Å²) in [5, 5.41) is 5.89. The van der Waals surface area contributed by atoms with Gasteiger partial charge in [0, 0.05) is 13.0 Å². The zero-order valence-corrected chi connectivity index (χ0v) is 9.88. The zero-order chi connectivity index (χ0) is 11.1. The molecule has 2 N–H and O–H groups in total. The normalized spacial score (nSPS) is 19.1. The fourth-order valence-electron chi connectivity index (χ4n) is 2.10. The van der Waals surface area contributed by atoms with Crippen LogP contribution in [-0.2, 0) is 4.79 Å². The van der Waals surface area contributed by atoms with Crippen molar-refractivity contribution in [1.82, 2.24) is 15.5 Å². The van der Waals surface area contributed by atoms with Gasteiger partial charge in [-0.1, -0.05) is 0 Å². The average Bonchev–Trinajstić information content (AvgIpc) is 2.29.